The van der Waals surface area contributed by atoms with Crippen LogP contribution in [-0.4, -0.2) is 48.2 Å². The van der Waals surface area contributed by atoms with E-state index in [1.807, 2.05) is 0 Å². The lowest BCUT2D eigenvalue weighted by Crippen LogP contribution is -2.50. The van der Waals surface area contributed by atoms with Crippen molar-refractivity contribution in [2.75, 3.05) is 26.2 Å². The Morgan fingerprint density at radius 2 is 2.00 bits per heavy atom. The number of carboxylic acid groups (broad SMARTS) is 1. The molecule has 1 heterocycles. The van der Waals surface area contributed by atoms with Gasteiger partial charge in [-0.2, -0.15) is 0 Å². The molecule has 15 heavy (non-hydrogen) atoms. The Labute approximate surface area is 90.6 Å². The smallest absolute Gasteiger partial charge is 0.306 e. The summed E-state index contributed by atoms with van der Waals surface area (Å²) in [6.07, 6.45) is 3.99. The highest BCUT2D eigenvalue weighted by Gasteiger charge is 2.30. The molecule has 1 unspecified atom stereocenters. The molecular weight excluding hydrogens is 192 g/mol. The number of carboxylic acids is 1. The second-order valence-electron chi connectivity index (χ2n) is 4.64. The summed E-state index contributed by atoms with van der Waals surface area (Å²) in [6, 6.07) is 0.516. The van der Waals surface area contributed by atoms with Gasteiger partial charge in [-0.25, -0.2) is 0 Å². The molecular formula is C11H20N2O2. The minimum Gasteiger partial charge on any atom is -0.481 e. The maximum absolute atomic E-state index is 11.0. The summed E-state index contributed by atoms with van der Waals surface area (Å²) in [4.78, 5) is 13.4. The zero-order chi connectivity index (χ0) is 10.7. The van der Waals surface area contributed by atoms with Gasteiger partial charge in [0.05, 0.1) is 5.92 Å². The zero-order valence-electron chi connectivity index (χ0n) is 9.11. The number of nitrogens with zero attached hydrogens (tertiary/aromatic N) is 1. The molecule has 0 bridgehead atoms. The molecule has 2 rings (SSSR count). The SMILES string of the molecule is O=C(O)C1CCC[C@H](N2CCNCC2)C1. The fourth-order valence-corrected chi connectivity index (χ4v) is 2.77. The summed E-state index contributed by atoms with van der Waals surface area (Å²) >= 11 is 0. The third-order valence-corrected chi connectivity index (χ3v) is 3.66. The lowest BCUT2D eigenvalue weighted by Gasteiger charge is -2.38. The van der Waals surface area contributed by atoms with Gasteiger partial charge in [-0.1, -0.05) is 6.42 Å². The van der Waals surface area contributed by atoms with Gasteiger partial charge in [-0.15, -0.1) is 0 Å². The molecule has 86 valence electrons. The van der Waals surface area contributed by atoms with Crippen molar-refractivity contribution in [2.24, 2.45) is 5.92 Å². The molecule has 4 nitrogen and oxygen atoms in total. The van der Waals surface area contributed by atoms with Crippen LogP contribution in [0.25, 0.3) is 0 Å². The molecule has 0 aromatic rings. The molecule has 1 saturated carbocycles. The van der Waals surface area contributed by atoms with Crippen molar-refractivity contribution in [1.29, 1.82) is 0 Å². The van der Waals surface area contributed by atoms with E-state index in [4.69, 9.17) is 5.11 Å². The van der Waals surface area contributed by atoms with Crippen LogP contribution in [0.1, 0.15) is 25.7 Å². The predicted octanol–water partition coefficient (Wildman–Crippen LogP) is 0.535. The van der Waals surface area contributed by atoms with E-state index in [1.54, 1.807) is 0 Å². The molecule has 2 atom stereocenters. The van der Waals surface area contributed by atoms with Crippen LogP contribution in [0.5, 0.6) is 0 Å². The van der Waals surface area contributed by atoms with Crippen molar-refractivity contribution >= 4 is 5.97 Å². The van der Waals surface area contributed by atoms with Gasteiger partial charge in [0, 0.05) is 32.2 Å². The van der Waals surface area contributed by atoms with Gasteiger partial charge < -0.3 is 10.4 Å². The highest BCUT2D eigenvalue weighted by Crippen LogP contribution is 2.28. The molecule has 1 saturated heterocycles. The Balaban J connectivity index is 1.88. The van der Waals surface area contributed by atoms with Crippen LogP contribution >= 0.6 is 0 Å². The van der Waals surface area contributed by atoms with E-state index in [2.05, 4.69) is 10.2 Å². The van der Waals surface area contributed by atoms with Crippen LogP contribution in [0.3, 0.4) is 0 Å². The van der Waals surface area contributed by atoms with Gasteiger partial charge in [0.25, 0.3) is 0 Å². The molecule has 4 heteroatoms. The molecule has 1 aliphatic heterocycles. The Hall–Kier alpha value is -0.610. The van der Waals surface area contributed by atoms with Crippen molar-refractivity contribution in [2.45, 2.75) is 31.7 Å². The fraction of sp³-hybridized carbons (Fsp3) is 0.909. The molecule has 0 amide bonds. The second kappa shape index (κ2) is 4.94. The van der Waals surface area contributed by atoms with Gasteiger partial charge >= 0.3 is 5.97 Å². The largest absolute Gasteiger partial charge is 0.481 e. The van der Waals surface area contributed by atoms with E-state index in [1.165, 1.54) is 6.42 Å². The molecule has 0 spiro atoms. The van der Waals surface area contributed by atoms with Crippen LogP contribution in [-0.2, 0) is 4.79 Å². The maximum atomic E-state index is 11.0. The number of aliphatic carboxylic acids is 1. The van der Waals surface area contributed by atoms with Gasteiger partial charge in [-0.3, -0.25) is 9.69 Å². The monoisotopic (exact) mass is 212 g/mol. The van der Waals surface area contributed by atoms with Gasteiger partial charge in [0.2, 0.25) is 0 Å². The van der Waals surface area contributed by atoms with Crippen molar-refractivity contribution in [3.63, 3.8) is 0 Å². The molecule has 0 radical (unpaired) electrons. The first-order chi connectivity index (χ1) is 7.27. The first kappa shape index (κ1) is 10.9. The number of nitrogens with one attached hydrogen (secondary N) is 1. The standard InChI is InChI=1S/C11H20N2O2/c14-11(15)9-2-1-3-10(8-9)13-6-4-12-5-7-13/h9-10,12H,1-8H2,(H,14,15)/t9?,10-/m0/s1. The molecule has 0 aromatic heterocycles. The summed E-state index contributed by atoms with van der Waals surface area (Å²) in [5.74, 6) is -0.700. The Bertz CT molecular complexity index is 227. The predicted molar refractivity (Wildman–Crippen MR) is 57.8 cm³/mol. The van der Waals surface area contributed by atoms with Crippen molar-refractivity contribution in [3.05, 3.63) is 0 Å². The zero-order valence-corrected chi connectivity index (χ0v) is 9.11. The quantitative estimate of drug-likeness (QED) is 0.701. The van der Waals surface area contributed by atoms with Gasteiger partial charge in [0.1, 0.15) is 0 Å². The number of hydrogen-bond donors (Lipinski definition) is 2. The number of rotatable bonds is 2. The summed E-state index contributed by atoms with van der Waals surface area (Å²) in [5.41, 5.74) is 0. The minimum absolute atomic E-state index is 0.0985. The lowest BCUT2D eigenvalue weighted by molar-refractivity contribution is -0.143. The topological polar surface area (TPSA) is 52.6 Å². The average Bonchev–Trinajstić information content (AvgIpc) is 2.30. The lowest BCUT2D eigenvalue weighted by atomic mass is 9.85. The molecule has 2 N–H and O–H groups in total. The third kappa shape index (κ3) is 2.69. The highest BCUT2D eigenvalue weighted by molar-refractivity contribution is 5.70. The molecule has 2 fully saturated rings. The molecule has 1 aliphatic carbocycles. The summed E-state index contributed by atoms with van der Waals surface area (Å²) in [6.45, 7) is 4.26. The van der Waals surface area contributed by atoms with Crippen LogP contribution < -0.4 is 5.32 Å². The van der Waals surface area contributed by atoms with E-state index >= 15 is 0 Å². The number of carbonyl (C=O) groups is 1. The summed E-state index contributed by atoms with van der Waals surface area (Å²) in [5, 5.41) is 12.4. The average molecular weight is 212 g/mol. The number of piperazine rings is 1. The van der Waals surface area contributed by atoms with Crippen LogP contribution in [0.4, 0.5) is 0 Å². The maximum Gasteiger partial charge on any atom is 0.306 e. The fourth-order valence-electron chi connectivity index (χ4n) is 2.77. The van der Waals surface area contributed by atoms with Gasteiger partial charge in [0.15, 0.2) is 0 Å². The van der Waals surface area contributed by atoms with Crippen molar-refractivity contribution in [1.82, 2.24) is 10.2 Å². The summed E-state index contributed by atoms with van der Waals surface area (Å²) in [7, 11) is 0. The Morgan fingerprint density at radius 1 is 1.27 bits per heavy atom. The number of hydrogen-bond acceptors (Lipinski definition) is 3. The van der Waals surface area contributed by atoms with E-state index in [0.717, 1.165) is 45.4 Å². The highest BCUT2D eigenvalue weighted by atomic mass is 16.4. The second-order valence-corrected chi connectivity index (χ2v) is 4.64. The van der Waals surface area contributed by atoms with Crippen LogP contribution in [0.2, 0.25) is 0 Å². The summed E-state index contributed by atoms with van der Waals surface area (Å²) < 4.78 is 0. The molecule has 2 aliphatic rings. The first-order valence-corrected chi connectivity index (χ1v) is 5.95. The normalized spacial score (nSPS) is 33.9. The Morgan fingerprint density at radius 3 is 2.67 bits per heavy atom. The van der Waals surface area contributed by atoms with Crippen molar-refractivity contribution < 1.29 is 9.90 Å². The van der Waals surface area contributed by atoms with E-state index in [9.17, 15) is 4.79 Å². The van der Waals surface area contributed by atoms with E-state index in [-0.39, 0.29) is 5.92 Å². The van der Waals surface area contributed by atoms with Crippen molar-refractivity contribution in [3.8, 4) is 0 Å². The van der Waals surface area contributed by atoms with E-state index < -0.39 is 5.97 Å². The third-order valence-electron chi connectivity index (χ3n) is 3.66. The van der Waals surface area contributed by atoms with Crippen LogP contribution in [0.15, 0.2) is 0 Å². The molecule has 0 aromatic carbocycles. The van der Waals surface area contributed by atoms with Crippen LogP contribution in [0, 0.1) is 5.92 Å². The van der Waals surface area contributed by atoms with Gasteiger partial charge in [-0.05, 0) is 19.3 Å². The minimum atomic E-state index is -0.602. The Kier molecular flexibility index (Phi) is 3.59. The first-order valence-electron chi connectivity index (χ1n) is 5.95. The van der Waals surface area contributed by atoms with E-state index in [0.29, 0.717) is 6.04 Å².